The Hall–Kier alpha value is -2.04. The second-order valence-electron chi connectivity index (χ2n) is 5.71. The fourth-order valence-electron chi connectivity index (χ4n) is 2.45. The van der Waals surface area contributed by atoms with Crippen LogP contribution in [0.3, 0.4) is 0 Å². The van der Waals surface area contributed by atoms with Gasteiger partial charge in [-0.2, -0.15) is 0 Å². The SMILES string of the molecule is Cc1cccc(OCC(=O)NC2CC(=O)N(C(C)C)C2)c1. The molecular weight excluding hydrogens is 268 g/mol. The molecule has 21 heavy (non-hydrogen) atoms. The van der Waals surface area contributed by atoms with Crippen LogP contribution >= 0.6 is 0 Å². The van der Waals surface area contributed by atoms with Gasteiger partial charge in [-0.15, -0.1) is 0 Å². The fourth-order valence-corrected chi connectivity index (χ4v) is 2.45. The van der Waals surface area contributed by atoms with Gasteiger partial charge in [-0.05, 0) is 38.5 Å². The van der Waals surface area contributed by atoms with Crippen LogP contribution < -0.4 is 10.1 Å². The predicted octanol–water partition coefficient (Wildman–Crippen LogP) is 1.50. The molecule has 1 aromatic carbocycles. The van der Waals surface area contributed by atoms with Gasteiger partial charge in [0.2, 0.25) is 5.91 Å². The number of ether oxygens (including phenoxy) is 1. The van der Waals surface area contributed by atoms with Crippen molar-refractivity contribution in [3.8, 4) is 5.75 Å². The van der Waals surface area contributed by atoms with Gasteiger partial charge in [-0.1, -0.05) is 12.1 Å². The topological polar surface area (TPSA) is 58.6 Å². The van der Waals surface area contributed by atoms with E-state index in [0.29, 0.717) is 18.7 Å². The predicted molar refractivity (Wildman–Crippen MR) is 80.1 cm³/mol. The molecule has 1 saturated heterocycles. The van der Waals surface area contributed by atoms with Crippen LogP contribution in [0.5, 0.6) is 5.75 Å². The monoisotopic (exact) mass is 290 g/mol. The van der Waals surface area contributed by atoms with Gasteiger partial charge in [0.15, 0.2) is 6.61 Å². The van der Waals surface area contributed by atoms with Crippen molar-refractivity contribution < 1.29 is 14.3 Å². The zero-order valence-electron chi connectivity index (χ0n) is 12.8. The van der Waals surface area contributed by atoms with Gasteiger partial charge < -0.3 is 15.0 Å². The molecule has 5 heteroatoms. The van der Waals surface area contributed by atoms with Crippen molar-refractivity contribution in [2.75, 3.05) is 13.2 Å². The molecule has 1 aromatic rings. The van der Waals surface area contributed by atoms with E-state index in [1.807, 2.05) is 45.0 Å². The van der Waals surface area contributed by atoms with Crippen LogP contribution in [0.25, 0.3) is 0 Å². The lowest BCUT2D eigenvalue weighted by Gasteiger charge is -2.21. The minimum atomic E-state index is -0.195. The minimum absolute atomic E-state index is 0.0319. The van der Waals surface area contributed by atoms with Crippen molar-refractivity contribution in [2.45, 2.75) is 39.3 Å². The maximum absolute atomic E-state index is 11.9. The average Bonchev–Trinajstić information content (AvgIpc) is 2.77. The number of likely N-dealkylation sites (tertiary alicyclic amines) is 1. The Kier molecular flexibility index (Phi) is 4.83. The highest BCUT2D eigenvalue weighted by Crippen LogP contribution is 2.15. The van der Waals surface area contributed by atoms with Gasteiger partial charge in [-0.25, -0.2) is 0 Å². The first-order chi connectivity index (χ1) is 9.95. The zero-order valence-corrected chi connectivity index (χ0v) is 12.8. The quantitative estimate of drug-likeness (QED) is 0.894. The summed E-state index contributed by atoms with van der Waals surface area (Å²) in [4.78, 5) is 25.4. The molecule has 0 aliphatic carbocycles. The molecule has 114 valence electrons. The number of rotatable bonds is 5. The van der Waals surface area contributed by atoms with E-state index in [4.69, 9.17) is 4.74 Å². The van der Waals surface area contributed by atoms with E-state index in [0.717, 1.165) is 5.56 Å². The first-order valence-electron chi connectivity index (χ1n) is 7.24. The van der Waals surface area contributed by atoms with Crippen molar-refractivity contribution in [1.82, 2.24) is 10.2 Å². The fraction of sp³-hybridized carbons (Fsp3) is 0.500. The molecule has 2 rings (SSSR count). The van der Waals surface area contributed by atoms with Crippen molar-refractivity contribution in [2.24, 2.45) is 0 Å². The van der Waals surface area contributed by atoms with E-state index in [2.05, 4.69) is 5.32 Å². The third-order valence-electron chi connectivity index (χ3n) is 3.51. The van der Waals surface area contributed by atoms with Gasteiger partial charge >= 0.3 is 0 Å². The number of aryl methyl sites for hydroxylation is 1. The molecule has 1 fully saturated rings. The number of hydrogen-bond acceptors (Lipinski definition) is 3. The molecule has 1 N–H and O–H groups in total. The number of carbonyl (C=O) groups excluding carboxylic acids is 2. The Balaban J connectivity index is 1.79. The lowest BCUT2D eigenvalue weighted by atomic mass is 10.2. The molecule has 0 bridgehead atoms. The molecule has 0 radical (unpaired) electrons. The Morgan fingerprint density at radius 2 is 2.24 bits per heavy atom. The average molecular weight is 290 g/mol. The van der Waals surface area contributed by atoms with Gasteiger partial charge in [-0.3, -0.25) is 9.59 Å². The molecule has 0 aromatic heterocycles. The Labute approximate surface area is 125 Å². The van der Waals surface area contributed by atoms with Gasteiger partial charge in [0.1, 0.15) is 5.75 Å². The van der Waals surface area contributed by atoms with Crippen molar-refractivity contribution in [3.63, 3.8) is 0 Å². The second kappa shape index (κ2) is 6.61. The number of amides is 2. The lowest BCUT2D eigenvalue weighted by molar-refractivity contribution is -0.129. The van der Waals surface area contributed by atoms with E-state index in [9.17, 15) is 9.59 Å². The van der Waals surface area contributed by atoms with Crippen molar-refractivity contribution in [1.29, 1.82) is 0 Å². The maximum atomic E-state index is 11.9. The highest BCUT2D eigenvalue weighted by Gasteiger charge is 2.31. The molecule has 0 saturated carbocycles. The Bertz CT molecular complexity index is 528. The van der Waals surface area contributed by atoms with Crippen LogP contribution in [0, 0.1) is 6.92 Å². The van der Waals surface area contributed by atoms with Gasteiger partial charge in [0.25, 0.3) is 5.91 Å². The summed E-state index contributed by atoms with van der Waals surface area (Å²) in [7, 11) is 0. The summed E-state index contributed by atoms with van der Waals surface area (Å²) in [5.41, 5.74) is 1.09. The normalized spacial score (nSPS) is 18.2. The van der Waals surface area contributed by atoms with E-state index in [-0.39, 0.29) is 30.5 Å². The third-order valence-corrected chi connectivity index (χ3v) is 3.51. The summed E-state index contributed by atoms with van der Waals surface area (Å²) >= 11 is 0. The molecule has 1 aliphatic heterocycles. The first-order valence-corrected chi connectivity index (χ1v) is 7.24. The molecule has 1 aliphatic rings. The number of hydrogen-bond donors (Lipinski definition) is 1. The summed E-state index contributed by atoms with van der Waals surface area (Å²) in [6, 6.07) is 7.61. The molecule has 1 unspecified atom stereocenters. The molecule has 5 nitrogen and oxygen atoms in total. The van der Waals surface area contributed by atoms with E-state index in [1.54, 1.807) is 4.90 Å². The summed E-state index contributed by atoms with van der Waals surface area (Å²) in [5.74, 6) is 0.575. The highest BCUT2D eigenvalue weighted by molar-refractivity contribution is 5.83. The number of benzene rings is 1. The third kappa shape index (κ3) is 4.21. The molecule has 0 spiro atoms. The Morgan fingerprint density at radius 3 is 2.86 bits per heavy atom. The van der Waals surface area contributed by atoms with Gasteiger partial charge in [0.05, 0.1) is 6.04 Å². The number of nitrogens with zero attached hydrogens (tertiary/aromatic N) is 1. The van der Waals surface area contributed by atoms with E-state index in [1.165, 1.54) is 0 Å². The number of carbonyl (C=O) groups is 2. The van der Waals surface area contributed by atoms with Crippen LogP contribution in [0.2, 0.25) is 0 Å². The zero-order chi connectivity index (χ0) is 15.4. The standard InChI is InChI=1S/C16H22N2O3/c1-11(2)18-9-13(8-16(18)20)17-15(19)10-21-14-6-4-5-12(3)7-14/h4-7,11,13H,8-10H2,1-3H3,(H,17,19). The van der Waals surface area contributed by atoms with E-state index < -0.39 is 0 Å². The van der Waals surface area contributed by atoms with Crippen molar-refractivity contribution >= 4 is 11.8 Å². The summed E-state index contributed by atoms with van der Waals surface area (Å²) in [6.45, 7) is 6.46. The van der Waals surface area contributed by atoms with Crippen LogP contribution in [0.4, 0.5) is 0 Å². The Morgan fingerprint density at radius 1 is 1.48 bits per heavy atom. The lowest BCUT2D eigenvalue weighted by Crippen LogP contribution is -2.40. The van der Waals surface area contributed by atoms with Crippen molar-refractivity contribution in [3.05, 3.63) is 29.8 Å². The highest BCUT2D eigenvalue weighted by atomic mass is 16.5. The number of nitrogens with one attached hydrogen (secondary N) is 1. The molecular formula is C16H22N2O3. The maximum Gasteiger partial charge on any atom is 0.258 e. The molecule has 1 heterocycles. The van der Waals surface area contributed by atoms with E-state index >= 15 is 0 Å². The van der Waals surface area contributed by atoms with Crippen LogP contribution in [-0.2, 0) is 9.59 Å². The smallest absolute Gasteiger partial charge is 0.258 e. The molecule has 1 atom stereocenters. The van der Waals surface area contributed by atoms with Crippen LogP contribution in [-0.4, -0.2) is 41.9 Å². The minimum Gasteiger partial charge on any atom is -0.484 e. The largest absolute Gasteiger partial charge is 0.484 e. The van der Waals surface area contributed by atoms with Gasteiger partial charge in [0, 0.05) is 19.0 Å². The first kappa shape index (κ1) is 15.4. The van der Waals surface area contributed by atoms with Crippen LogP contribution in [0.1, 0.15) is 25.8 Å². The van der Waals surface area contributed by atoms with Crippen LogP contribution in [0.15, 0.2) is 24.3 Å². The summed E-state index contributed by atoms with van der Waals surface area (Å²) in [5, 5.41) is 2.85. The molecule has 2 amide bonds. The summed E-state index contributed by atoms with van der Waals surface area (Å²) < 4.78 is 5.45. The summed E-state index contributed by atoms with van der Waals surface area (Å²) in [6.07, 6.45) is 0.369. The second-order valence-corrected chi connectivity index (χ2v) is 5.71.